The summed E-state index contributed by atoms with van der Waals surface area (Å²) in [4.78, 5) is 25.6. The fourth-order valence-electron chi connectivity index (χ4n) is 4.74. The standard InChI is InChI=1S/C20H30N4O2/c1-15-21-10-17(11-22-15)19(26)24-9-6-20(18(13-24)14-25)4-7-23(8-5-20)12-16-2-3-16/h10-11,16,18,25H,2-9,12-14H2,1H3/t18-/m1/s1. The first-order valence-electron chi connectivity index (χ1n) is 10.0. The molecule has 0 aromatic carbocycles. The molecule has 3 heterocycles. The average molecular weight is 358 g/mol. The van der Waals surface area contributed by atoms with Crippen molar-refractivity contribution in [3.8, 4) is 0 Å². The van der Waals surface area contributed by atoms with Crippen LogP contribution < -0.4 is 0 Å². The second-order valence-corrected chi connectivity index (χ2v) is 8.51. The Kier molecular flexibility index (Phi) is 4.97. The number of carbonyl (C=O) groups excluding carboxylic acids is 1. The molecule has 3 fully saturated rings. The first kappa shape index (κ1) is 17.9. The number of amides is 1. The number of aliphatic hydroxyl groups excluding tert-OH is 1. The minimum Gasteiger partial charge on any atom is -0.396 e. The molecular formula is C20H30N4O2. The predicted molar refractivity (Wildman–Crippen MR) is 98.7 cm³/mol. The van der Waals surface area contributed by atoms with Gasteiger partial charge in [-0.25, -0.2) is 9.97 Å². The zero-order valence-corrected chi connectivity index (χ0v) is 15.7. The van der Waals surface area contributed by atoms with Gasteiger partial charge < -0.3 is 14.9 Å². The van der Waals surface area contributed by atoms with Crippen molar-refractivity contribution in [1.82, 2.24) is 19.8 Å². The Bertz CT molecular complexity index is 636. The summed E-state index contributed by atoms with van der Waals surface area (Å²) >= 11 is 0. The van der Waals surface area contributed by atoms with Crippen molar-refractivity contribution in [2.75, 3.05) is 39.3 Å². The number of likely N-dealkylation sites (tertiary alicyclic amines) is 2. The predicted octanol–water partition coefficient (Wildman–Crippen LogP) is 1.73. The summed E-state index contributed by atoms with van der Waals surface area (Å²) in [6.45, 7) is 6.95. The number of aromatic nitrogens is 2. The number of hydrogen-bond donors (Lipinski definition) is 1. The van der Waals surface area contributed by atoms with Gasteiger partial charge >= 0.3 is 0 Å². The molecular weight excluding hydrogens is 328 g/mol. The van der Waals surface area contributed by atoms with E-state index in [1.54, 1.807) is 12.4 Å². The van der Waals surface area contributed by atoms with E-state index in [0.717, 1.165) is 44.8 Å². The van der Waals surface area contributed by atoms with E-state index >= 15 is 0 Å². The van der Waals surface area contributed by atoms with Crippen LogP contribution in [-0.4, -0.2) is 70.1 Å². The number of hydrogen-bond acceptors (Lipinski definition) is 5. The summed E-state index contributed by atoms with van der Waals surface area (Å²) in [5.41, 5.74) is 0.748. The normalized spacial score (nSPS) is 26.2. The number of carbonyl (C=O) groups is 1. The summed E-state index contributed by atoms with van der Waals surface area (Å²) in [6.07, 6.45) is 9.33. The zero-order chi connectivity index (χ0) is 18.1. The van der Waals surface area contributed by atoms with Crippen LogP contribution in [0.3, 0.4) is 0 Å². The molecule has 1 aromatic heterocycles. The Morgan fingerprint density at radius 3 is 2.46 bits per heavy atom. The molecule has 1 N–H and O–H groups in total. The molecule has 26 heavy (non-hydrogen) atoms. The van der Waals surface area contributed by atoms with Crippen LogP contribution in [0.2, 0.25) is 0 Å². The lowest BCUT2D eigenvalue weighted by Gasteiger charge is -2.51. The van der Waals surface area contributed by atoms with Crippen molar-refractivity contribution in [2.45, 2.75) is 39.0 Å². The molecule has 6 heteroatoms. The topological polar surface area (TPSA) is 69.6 Å². The Labute approximate surface area is 155 Å². The van der Waals surface area contributed by atoms with E-state index in [2.05, 4.69) is 14.9 Å². The summed E-state index contributed by atoms with van der Waals surface area (Å²) in [5.74, 6) is 1.78. The van der Waals surface area contributed by atoms with Crippen LogP contribution in [0.25, 0.3) is 0 Å². The summed E-state index contributed by atoms with van der Waals surface area (Å²) in [5, 5.41) is 10.1. The monoisotopic (exact) mass is 358 g/mol. The molecule has 1 amide bonds. The lowest BCUT2D eigenvalue weighted by molar-refractivity contribution is -0.0357. The fraction of sp³-hybridized carbons (Fsp3) is 0.750. The summed E-state index contributed by atoms with van der Waals surface area (Å²) < 4.78 is 0. The quantitative estimate of drug-likeness (QED) is 0.888. The highest BCUT2D eigenvalue weighted by molar-refractivity contribution is 5.93. The molecule has 1 atom stereocenters. The van der Waals surface area contributed by atoms with E-state index < -0.39 is 0 Å². The van der Waals surface area contributed by atoms with E-state index in [4.69, 9.17) is 0 Å². The molecule has 1 aliphatic carbocycles. The third-order valence-corrected chi connectivity index (χ3v) is 6.79. The highest BCUT2D eigenvalue weighted by Crippen LogP contribution is 2.45. The van der Waals surface area contributed by atoms with Crippen molar-refractivity contribution < 1.29 is 9.90 Å². The van der Waals surface area contributed by atoms with E-state index in [1.165, 1.54) is 19.4 Å². The largest absolute Gasteiger partial charge is 0.396 e. The van der Waals surface area contributed by atoms with Crippen molar-refractivity contribution >= 4 is 5.91 Å². The molecule has 2 aliphatic heterocycles. The van der Waals surface area contributed by atoms with Gasteiger partial charge in [0.2, 0.25) is 0 Å². The van der Waals surface area contributed by atoms with Crippen molar-refractivity contribution in [3.05, 3.63) is 23.8 Å². The van der Waals surface area contributed by atoms with Gasteiger partial charge in [-0.2, -0.15) is 0 Å². The third kappa shape index (κ3) is 3.62. The highest BCUT2D eigenvalue weighted by atomic mass is 16.3. The highest BCUT2D eigenvalue weighted by Gasteiger charge is 2.45. The Hall–Kier alpha value is -1.53. The molecule has 1 saturated carbocycles. The van der Waals surface area contributed by atoms with E-state index in [-0.39, 0.29) is 23.8 Å². The van der Waals surface area contributed by atoms with Crippen LogP contribution in [0.1, 0.15) is 48.3 Å². The van der Waals surface area contributed by atoms with Crippen LogP contribution in [0.4, 0.5) is 0 Å². The maximum atomic E-state index is 12.8. The van der Waals surface area contributed by atoms with E-state index in [1.807, 2.05) is 11.8 Å². The minimum absolute atomic E-state index is 0.00975. The Balaban J connectivity index is 1.39. The molecule has 0 unspecified atom stereocenters. The van der Waals surface area contributed by atoms with Crippen LogP contribution in [0.5, 0.6) is 0 Å². The maximum Gasteiger partial charge on any atom is 0.257 e. The van der Waals surface area contributed by atoms with E-state index in [0.29, 0.717) is 17.9 Å². The maximum absolute atomic E-state index is 12.8. The Morgan fingerprint density at radius 1 is 1.19 bits per heavy atom. The summed E-state index contributed by atoms with van der Waals surface area (Å²) in [7, 11) is 0. The van der Waals surface area contributed by atoms with Gasteiger partial charge in [0.05, 0.1) is 5.56 Å². The van der Waals surface area contributed by atoms with Gasteiger partial charge in [-0.1, -0.05) is 0 Å². The number of aliphatic hydroxyl groups is 1. The van der Waals surface area contributed by atoms with Gasteiger partial charge in [-0.15, -0.1) is 0 Å². The van der Waals surface area contributed by atoms with Crippen LogP contribution in [0, 0.1) is 24.2 Å². The van der Waals surface area contributed by atoms with Gasteiger partial charge in [0.1, 0.15) is 5.82 Å². The van der Waals surface area contributed by atoms with Gasteiger partial charge in [0, 0.05) is 44.6 Å². The molecule has 4 rings (SSSR count). The lowest BCUT2D eigenvalue weighted by Crippen LogP contribution is -2.54. The number of piperidine rings is 2. The number of aryl methyl sites for hydroxylation is 1. The van der Waals surface area contributed by atoms with Gasteiger partial charge in [-0.3, -0.25) is 4.79 Å². The summed E-state index contributed by atoms with van der Waals surface area (Å²) in [6, 6.07) is 0. The zero-order valence-electron chi connectivity index (χ0n) is 15.7. The molecule has 6 nitrogen and oxygen atoms in total. The van der Waals surface area contributed by atoms with Crippen LogP contribution in [0.15, 0.2) is 12.4 Å². The molecule has 2 saturated heterocycles. The smallest absolute Gasteiger partial charge is 0.257 e. The first-order valence-corrected chi connectivity index (χ1v) is 10.0. The number of nitrogens with zero attached hydrogens (tertiary/aromatic N) is 4. The third-order valence-electron chi connectivity index (χ3n) is 6.79. The van der Waals surface area contributed by atoms with Gasteiger partial charge in [0.15, 0.2) is 0 Å². The molecule has 0 bridgehead atoms. The second-order valence-electron chi connectivity index (χ2n) is 8.51. The molecule has 1 aromatic rings. The van der Waals surface area contributed by atoms with Crippen LogP contribution in [-0.2, 0) is 0 Å². The molecule has 3 aliphatic rings. The van der Waals surface area contributed by atoms with Gasteiger partial charge in [-0.05, 0) is 63.5 Å². The van der Waals surface area contributed by atoms with E-state index in [9.17, 15) is 9.90 Å². The fourth-order valence-corrected chi connectivity index (χ4v) is 4.74. The van der Waals surface area contributed by atoms with Crippen molar-refractivity contribution in [1.29, 1.82) is 0 Å². The van der Waals surface area contributed by atoms with Gasteiger partial charge in [0.25, 0.3) is 5.91 Å². The average Bonchev–Trinajstić information content (AvgIpc) is 3.48. The molecule has 1 spiro atoms. The molecule has 0 radical (unpaired) electrons. The molecule has 142 valence electrons. The lowest BCUT2D eigenvalue weighted by atomic mass is 9.64. The first-order chi connectivity index (χ1) is 12.6. The van der Waals surface area contributed by atoms with Crippen molar-refractivity contribution in [2.24, 2.45) is 17.3 Å². The SMILES string of the molecule is Cc1ncc(C(=O)N2CCC3(CCN(CC4CC4)CC3)[C@@H](CO)C2)cn1. The number of rotatable bonds is 4. The Morgan fingerprint density at radius 2 is 1.85 bits per heavy atom. The van der Waals surface area contributed by atoms with Crippen molar-refractivity contribution in [3.63, 3.8) is 0 Å². The van der Waals surface area contributed by atoms with Crippen LogP contribution >= 0.6 is 0 Å². The minimum atomic E-state index is -0.00975. The second kappa shape index (κ2) is 7.24.